The van der Waals surface area contributed by atoms with Crippen molar-refractivity contribution in [2.24, 2.45) is 5.73 Å². The lowest BCUT2D eigenvalue weighted by molar-refractivity contribution is -0.204. The zero-order chi connectivity index (χ0) is 29.1. The van der Waals surface area contributed by atoms with Crippen LogP contribution in [0.2, 0.25) is 0 Å². The number of urea groups is 1. The summed E-state index contributed by atoms with van der Waals surface area (Å²) in [5.74, 6) is -1.28. The van der Waals surface area contributed by atoms with Crippen LogP contribution in [-0.4, -0.2) is 86.6 Å². The molecule has 0 bridgehead atoms. The molecular weight excluding hydrogens is 561 g/mol. The topological polar surface area (TPSA) is 225 Å². The normalized spacial score (nSPS) is 25.9. The van der Waals surface area contributed by atoms with E-state index in [-0.39, 0.29) is 5.82 Å². The minimum atomic E-state index is -4.62. The molecule has 0 spiro atoms. The zero-order valence-corrected chi connectivity index (χ0v) is 22.8. The van der Waals surface area contributed by atoms with Crippen molar-refractivity contribution in [1.82, 2.24) is 24.8 Å². The lowest BCUT2D eigenvalue weighted by Gasteiger charge is -2.27. The van der Waals surface area contributed by atoms with E-state index in [2.05, 4.69) is 25.6 Å². The summed E-state index contributed by atoms with van der Waals surface area (Å²) in [4.78, 5) is 48.3. The van der Waals surface area contributed by atoms with E-state index >= 15 is 0 Å². The maximum absolute atomic E-state index is 12.4. The van der Waals surface area contributed by atoms with Gasteiger partial charge in [-0.05, 0) is 12.5 Å². The molecule has 2 aromatic heterocycles. The van der Waals surface area contributed by atoms with Crippen molar-refractivity contribution in [2.45, 2.75) is 50.2 Å². The Morgan fingerprint density at radius 2 is 1.95 bits per heavy atom. The van der Waals surface area contributed by atoms with Crippen LogP contribution in [-0.2, 0) is 34.5 Å². The van der Waals surface area contributed by atoms with Crippen LogP contribution in [0.5, 0.6) is 0 Å². The lowest BCUT2D eigenvalue weighted by Crippen LogP contribution is -2.37. The van der Waals surface area contributed by atoms with Gasteiger partial charge in [-0.3, -0.25) is 14.7 Å². The number of carboxylic acid groups (broad SMARTS) is 1. The minimum Gasteiger partial charge on any atom is -0.778 e. The number of carbonyl (C=O) groups is 2. The number of ether oxygens (including phenoxy) is 3. The number of hydrogen-bond donors (Lipinski definition) is 4. The lowest BCUT2D eigenvalue weighted by atomic mass is 10.1. The fourth-order valence-corrected chi connectivity index (χ4v) is 5.78. The molecule has 2 aliphatic heterocycles. The van der Waals surface area contributed by atoms with Crippen molar-refractivity contribution >= 4 is 36.6 Å². The Kier molecular flexibility index (Phi) is 8.60. The SMILES string of the molecule is CCNC(=O)Nc1ncnc2c1ncn2[C@@H]1O[C@H](COP(=O)([O-])CC(N)C(=O)O)C2OC(Cc3ccccc3)O[C@@H]21. The van der Waals surface area contributed by atoms with Gasteiger partial charge in [0.25, 0.3) is 0 Å². The number of hydrogen-bond acceptors (Lipinski definition) is 12. The number of anilines is 1. The van der Waals surface area contributed by atoms with Gasteiger partial charge >= 0.3 is 12.0 Å². The smallest absolute Gasteiger partial charge is 0.320 e. The van der Waals surface area contributed by atoms with Crippen LogP contribution in [0.3, 0.4) is 0 Å². The monoisotopic (exact) mass is 590 g/mol. The first-order valence-corrected chi connectivity index (χ1v) is 14.5. The number of carboxylic acids is 1. The van der Waals surface area contributed by atoms with Gasteiger partial charge in [0.05, 0.1) is 12.9 Å². The molecule has 5 N–H and O–H groups in total. The van der Waals surface area contributed by atoms with Gasteiger partial charge < -0.3 is 44.3 Å². The molecule has 2 amide bonds. The van der Waals surface area contributed by atoms with Crippen molar-refractivity contribution in [3.05, 3.63) is 48.5 Å². The summed E-state index contributed by atoms with van der Waals surface area (Å²) >= 11 is 0. The zero-order valence-electron chi connectivity index (χ0n) is 21.9. The fraction of sp³-hybridized carbons (Fsp3) is 0.458. The predicted octanol–water partition coefficient (Wildman–Crippen LogP) is 0.200. The second-order valence-electron chi connectivity index (χ2n) is 9.45. The molecule has 220 valence electrons. The third-order valence-corrected chi connectivity index (χ3v) is 7.91. The van der Waals surface area contributed by atoms with E-state index in [0.29, 0.717) is 24.1 Å². The molecule has 17 heteroatoms. The minimum absolute atomic E-state index is 0.182. The molecule has 1 aromatic carbocycles. The second-order valence-corrected chi connectivity index (χ2v) is 11.3. The van der Waals surface area contributed by atoms with Gasteiger partial charge in [-0.2, -0.15) is 0 Å². The molecule has 0 saturated carbocycles. The Morgan fingerprint density at radius 1 is 1.20 bits per heavy atom. The first kappa shape index (κ1) is 29.0. The number of nitrogens with one attached hydrogen (secondary N) is 2. The van der Waals surface area contributed by atoms with Crippen molar-refractivity contribution in [3.8, 4) is 0 Å². The maximum Gasteiger partial charge on any atom is 0.320 e. The number of aromatic nitrogens is 4. The third-order valence-electron chi connectivity index (χ3n) is 6.52. The second kappa shape index (κ2) is 12.2. The summed E-state index contributed by atoms with van der Waals surface area (Å²) in [5, 5.41) is 14.2. The number of rotatable bonds is 11. The Bertz CT molecular complexity index is 1440. The number of benzene rings is 1. The first-order valence-electron chi connectivity index (χ1n) is 12.8. The van der Waals surface area contributed by atoms with Gasteiger partial charge in [-0.15, -0.1) is 0 Å². The number of nitrogens with two attached hydrogens (primary N) is 1. The van der Waals surface area contributed by atoms with Gasteiger partial charge in [0.2, 0.25) is 0 Å². The molecule has 0 radical (unpaired) electrons. The molecule has 4 unspecified atom stereocenters. The van der Waals surface area contributed by atoms with Gasteiger partial charge in [0.15, 0.2) is 29.5 Å². The van der Waals surface area contributed by atoms with Gasteiger partial charge in [-0.1, -0.05) is 30.3 Å². The molecule has 4 heterocycles. The largest absolute Gasteiger partial charge is 0.778 e. The van der Waals surface area contributed by atoms with Gasteiger partial charge in [-0.25, -0.2) is 19.7 Å². The average Bonchev–Trinajstić information content (AvgIpc) is 3.62. The average molecular weight is 591 g/mol. The summed E-state index contributed by atoms with van der Waals surface area (Å²) in [6.07, 6.45) is -1.64. The van der Waals surface area contributed by atoms with Crippen molar-refractivity contribution < 1.29 is 42.9 Å². The molecule has 16 nitrogen and oxygen atoms in total. The van der Waals surface area contributed by atoms with Gasteiger partial charge in [0.1, 0.15) is 38.3 Å². The number of amides is 2. The maximum atomic E-state index is 12.4. The quantitative estimate of drug-likeness (QED) is 0.219. The van der Waals surface area contributed by atoms with Crippen LogP contribution >= 0.6 is 7.60 Å². The van der Waals surface area contributed by atoms with Crippen molar-refractivity contribution in [1.29, 1.82) is 0 Å². The summed E-state index contributed by atoms with van der Waals surface area (Å²) in [7, 11) is -4.62. The van der Waals surface area contributed by atoms with Crippen LogP contribution in [0.1, 0.15) is 18.7 Å². The molecule has 7 atom stereocenters. The molecule has 0 aliphatic carbocycles. The Balaban J connectivity index is 1.39. The standard InChI is InChI=1S/C24H30N7O9P/c1-2-26-24(34)30-20-17-21(28-11-27-20)31(12-29-17)22-19-18(39-16(40-19)8-13-6-4-3-5-7-13)15(38-22)9-37-41(35,36)10-14(25)23(32)33/h3-7,11-12,14-16,18-19,22H,2,8-10,25H2,1H3,(H,32,33)(H,35,36)(H2,26,27,28,30,34)/p-1/t14?,15-,16?,18?,19+,22-/m1/s1. The highest BCUT2D eigenvalue weighted by atomic mass is 31.2. The van der Waals surface area contributed by atoms with E-state index in [1.165, 1.54) is 12.7 Å². The summed E-state index contributed by atoms with van der Waals surface area (Å²) < 4.78 is 37.7. The Morgan fingerprint density at radius 3 is 2.68 bits per heavy atom. The van der Waals surface area contributed by atoms with Crippen LogP contribution in [0.4, 0.5) is 10.6 Å². The highest BCUT2D eigenvalue weighted by molar-refractivity contribution is 7.51. The Labute approximate surface area is 233 Å². The van der Waals surface area contributed by atoms with E-state index < -0.39 is 69.2 Å². The summed E-state index contributed by atoms with van der Waals surface area (Å²) in [6, 6.07) is 7.44. The van der Waals surface area contributed by atoms with Crippen molar-refractivity contribution in [3.63, 3.8) is 0 Å². The highest BCUT2D eigenvalue weighted by Gasteiger charge is 2.54. The first-order chi connectivity index (χ1) is 19.6. The van der Waals surface area contributed by atoms with Crippen LogP contribution in [0.25, 0.3) is 11.2 Å². The molecule has 41 heavy (non-hydrogen) atoms. The fourth-order valence-electron chi connectivity index (χ4n) is 4.66. The molecule has 2 fully saturated rings. The molecule has 3 aromatic rings. The van der Waals surface area contributed by atoms with E-state index in [1.54, 1.807) is 11.5 Å². The predicted molar refractivity (Wildman–Crippen MR) is 140 cm³/mol. The van der Waals surface area contributed by atoms with Crippen molar-refractivity contribution in [2.75, 3.05) is 24.6 Å². The number of imidazole rings is 1. The molecule has 2 saturated heterocycles. The van der Waals surface area contributed by atoms with Gasteiger partial charge in [0, 0.05) is 19.1 Å². The number of carbonyl (C=O) groups excluding carboxylic acids is 1. The van der Waals surface area contributed by atoms with E-state index in [1.807, 2.05) is 30.3 Å². The third kappa shape index (κ3) is 6.54. The number of nitrogens with zero attached hydrogens (tertiary/aromatic N) is 4. The number of aliphatic carboxylic acids is 1. The molecule has 2 aliphatic rings. The molecule has 5 rings (SSSR count). The summed E-state index contributed by atoms with van der Waals surface area (Å²) in [5.41, 5.74) is 6.97. The van der Waals surface area contributed by atoms with Crippen LogP contribution in [0.15, 0.2) is 43.0 Å². The highest BCUT2D eigenvalue weighted by Crippen LogP contribution is 2.44. The van der Waals surface area contributed by atoms with E-state index in [0.717, 1.165) is 5.56 Å². The summed E-state index contributed by atoms with van der Waals surface area (Å²) in [6.45, 7) is 1.73. The van der Waals surface area contributed by atoms with Crippen LogP contribution < -0.4 is 21.3 Å². The Hall–Kier alpha value is -3.50. The molecular formula is C24H29N7O9P-. The number of fused-ring (bicyclic) bond motifs is 2. The van der Waals surface area contributed by atoms with Crippen LogP contribution in [0, 0.1) is 0 Å². The van der Waals surface area contributed by atoms with E-state index in [4.69, 9.17) is 29.6 Å². The van der Waals surface area contributed by atoms with E-state index in [9.17, 15) is 19.0 Å².